The number of methoxy groups -OCH3 is 1. The van der Waals surface area contributed by atoms with E-state index in [1.54, 1.807) is 19.4 Å². The second-order valence-electron chi connectivity index (χ2n) is 10.00. The Morgan fingerprint density at radius 1 is 1.06 bits per heavy atom. The second kappa shape index (κ2) is 9.93. The third kappa shape index (κ3) is 5.72. The lowest BCUT2D eigenvalue weighted by Crippen LogP contribution is -2.42. The zero-order valence-corrected chi connectivity index (χ0v) is 20.9. The van der Waals surface area contributed by atoms with Gasteiger partial charge in [-0.2, -0.15) is 0 Å². The summed E-state index contributed by atoms with van der Waals surface area (Å²) in [7, 11) is 1.58. The van der Waals surface area contributed by atoms with Crippen molar-refractivity contribution < 1.29 is 19.1 Å². The Hall–Kier alpha value is -3.62. The molecule has 0 spiro atoms. The maximum atomic E-state index is 13.5. The van der Waals surface area contributed by atoms with Gasteiger partial charge in [0.15, 0.2) is 5.78 Å². The average Bonchev–Trinajstić information content (AvgIpc) is 3.24. The first-order valence-electron chi connectivity index (χ1n) is 11.9. The molecule has 0 atom stereocenters. The highest BCUT2D eigenvalue weighted by Gasteiger charge is 2.26. The van der Waals surface area contributed by atoms with Crippen LogP contribution in [0.2, 0.25) is 0 Å². The lowest BCUT2D eigenvalue weighted by atomic mass is 9.91. The van der Waals surface area contributed by atoms with Crippen LogP contribution in [0.15, 0.2) is 30.7 Å². The van der Waals surface area contributed by atoms with Crippen LogP contribution in [0.4, 0.5) is 10.6 Å². The third-order valence-corrected chi connectivity index (χ3v) is 6.19. The Bertz CT molecular complexity index is 1220. The van der Waals surface area contributed by atoms with Crippen LogP contribution in [0.1, 0.15) is 67.9 Å². The molecule has 1 fully saturated rings. The normalized spacial score (nSPS) is 18.2. The number of anilines is 1. The predicted octanol–water partition coefficient (Wildman–Crippen LogP) is 4.75. The number of alkyl carbamates (subject to hydrolysis) is 1. The van der Waals surface area contributed by atoms with Crippen LogP contribution in [-0.4, -0.2) is 51.6 Å². The van der Waals surface area contributed by atoms with E-state index in [4.69, 9.17) is 9.47 Å². The van der Waals surface area contributed by atoms with Crippen molar-refractivity contribution in [1.29, 1.82) is 0 Å². The minimum absolute atomic E-state index is 0.0775. The number of carbonyl (C=O) groups excluding carboxylic acids is 2. The highest BCUT2D eigenvalue weighted by Crippen LogP contribution is 2.30. The smallest absolute Gasteiger partial charge is 0.407 e. The number of fused-ring (bicyclic) bond motifs is 1. The molecule has 0 unspecified atom stereocenters. The minimum Gasteiger partial charge on any atom is -0.497 e. The first-order valence-corrected chi connectivity index (χ1v) is 11.9. The van der Waals surface area contributed by atoms with Gasteiger partial charge in [0.25, 0.3) is 0 Å². The van der Waals surface area contributed by atoms with Crippen LogP contribution >= 0.6 is 0 Å². The van der Waals surface area contributed by atoms with Gasteiger partial charge in [-0.25, -0.2) is 14.8 Å². The van der Waals surface area contributed by atoms with Crippen LogP contribution in [-0.2, 0) is 4.74 Å². The van der Waals surface area contributed by atoms with Gasteiger partial charge in [0, 0.05) is 23.8 Å². The highest BCUT2D eigenvalue weighted by atomic mass is 16.6. The van der Waals surface area contributed by atoms with E-state index in [2.05, 4.69) is 25.6 Å². The van der Waals surface area contributed by atoms with E-state index in [0.717, 1.165) is 31.2 Å². The maximum absolute atomic E-state index is 13.5. The van der Waals surface area contributed by atoms with Crippen molar-refractivity contribution in [3.63, 3.8) is 0 Å². The molecule has 35 heavy (non-hydrogen) atoms. The molecule has 0 bridgehead atoms. The number of benzene rings is 1. The Balaban J connectivity index is 1.48. The number of aromatic nitrogens is 3. The topological polar surface area (TPSA) is 118 Å². The van der Waals surface area contributed by atoms with E-state index in [1.165, 1.54) is 6.33 Å². The SMILES string of the molecule is COc1ccc(C)c(C(=O)c2c[nH]c3ncnc(N[C@H]4CC[C@@H](NC(=O)OC(C)(C)C)CC4)c23)c1. The number of aryl methyl sites for hydroxylation is 1. The quantitative estimate of drug-likeness (QED) is 0.437. The molecule has 9 heteroatoms. The zero-order valence-electron chi connectivity index (χ0n) is 20.9. The van der Waals surface area contributed by atoms with Crippen molar-refractivity contribution in [2.45, 2.75) is 71.1 Å². The van der Waals surface area contributed by atoms with Gasteiger partial charge < -0.3 is 25.1 Å². The summed E-state index contributed by atoms with van der Waals surface area (Å²) in [6, 6.07) is 5.72. The summed E-state index contributed by atoms with van der Waals surface area (Å²) in [6.07, 6.45) is 6.16. The molecule has 1 aromatic carbocycles. The van der Waals surface area contributed by atoms with Crippen molar-refractivity contribution in [1.82, 2.24) is 20.3 Å². The van der Waals surface area contributed by atoms with Crippen LogP contribution in [0, 0.1) is 6.92 Å². The Kier molecular flexibility index (Phi) is 6.95. The van der Waals surface area contributed by atoms with Crippen LogP contribution in [0.25, 0.3) is 11.0 Å². The zero-order chi connectivity index (χ0) is 25.2. The maximum Gasteiger partial charge on any atom is 0.407 e. The molecule has 3 aromatic rings. The number of nitrogens with one attached hydrogen (secondary N) is 3. The largest absolute Gasteiger partial charge is 0.497 e. The molecule has 3 N–H and O–H groups in total. The van der Waals surface area contributed by atoms with Gasteiger partial charge in [0.05, 0.1) is 18.1 Å². The van der Waals surface area contributed by atoms with Gasteiger partial charge >= 0.3 is 6.09 Å². The van der Waals surface area contributed by atoms with E-state index >= 15 is 0 Å². The Morgan fingerprint density at radius 3 is 2.46 bits per heavy atom. The molecule has 4 rings (SSSR count). The fourth-order valence-electron chi connectivity index (χ4n) is 4.42. The molecule has 2 heterocycles. The summed E-state index contributed by atoms with van der Waals surface area (Å²) in [5, 5.41) is 7.16. The molecule has 1 aliphatic rings. The molecule has 0 radical (unpaired) electrons. The molecule has 186 valence electrons. The van der Waals surface area contributed by atoms with Gasteiger partial charge in [0.1, 0.15) is 29.1 Å². The highest BCUT2D eigenvalue weighted by molar-refractivity contribution is 6.18. The third-order valence-electron chi connectivity index (χ3n) is 6.19. The van der Waals surface area contributed by atoms with Crippen LogP contribution < -0.4 is 15.4 Å². The minimum atomic E-state index is -0.518. The van der Waals surface area contributed by atoms with Crippen molar-refractivity contribution in [3.05, 3.63) is 47.4 Å². The number of hydrogen-bond donors (Lipinski definition) is 3. The average molecular weight is 480 g/mol. The van der Waals surface area contributed by atoms with E-state index in [-0.39, 0.29) is 24.0 Å². The van der Waals surface area contributed by atoms with E-state index < -0.39 is 5.60 Å². The predicted molar refractivity (Wildman–Crippen MR) is 134 cm³/mol. The first-order chi connectivity index (χ1) is 16.6. The Labute approximate surface area is 205 Å². The lowest BCUT2D eigenvalue weighted by molar-refractivity contribution is 0.0492. The van der Waals surface area contributed by atoms with Gasteiger partial charge in [-0.1, -0.05) is 6.07 Å². The first kappa shape index (κ1) is 24.5. The monoisotopic (exact) mass is 479 g/mol. The van der Waals surface area contributed by atoms with Gasteiger partial charge in [-0.05, 0) is 71.1 Å². The van der Waals surface area contributed by atoms with Crippen molar-refractivity contribution >= 4 is 28.7 Å². The molecule has 0 saturated heterocycles. The summed E-state index contributed by atoms with van der Waals surface area (Å²) in [5.41, 5.74) is 2.04. The van der Waals surface area contributed by atoms with E-state index in [9.17, 15) is 9.59 Å². The molecular weight excluding hydrogens is 446 g/mol. The summed E-state index contributed by atoms with van der Waals surface area (Å²) >= 11 is 0. The van der Waals surface area contributed by atoms with Crippen molar-refractivity contribution in [2.24, 2.45) is 0 Å². The fraction of sp³-hybridized carbons (Fsp3) is 0.462. The van der Waals surface area contributed by atoms with Crippen LogP contribution in [0.3, 0.4) is 0 Å². The number of rotatable bonds is 6. The Morgan fingerprint density at radius 2 is 1.77 bits per heavy atom. The standard InChI is InChI=1S/C26H33N5O4/c1-15-6-11-18(34-5)12-19(15)22(32)20-13-27-23-21(20)24(29-14-28-23)30-16-7-9-17(10-8-16)31-25(33)35-26(2,3)4/h6,11-14,16-17H,7-10H2,1-5H3,(H,31,33)(H2,27,28,29,30)/t16-,17+. The van der Waals surface area contributed by atoms with E-state index in [1.807, 2.05) is 39.8 Å². The molecule has 1 amide bonds. The lowest BCUT2D eigenvalue weighted by Gasteiger charge is -2.30. The van der Waals surface area contributed by atoms with Crippen molar-refractivity contribution in [2.75, 3.05) is 12.4 Å². The van der Waals surface area contributed by atoms with Gasteiger partial charge in [0.2, 0.25) is 0 Å². The number of carbonyl (C=O) groups is 2. The molecule has 1 aliphatic carbocycles. The van der Waals surface area contributed by atoms with Gasteiger partial charge in [-0.3, -0.25) is 4.79 Å². The number of aromatic amines is 1. The molecule has 9 nitrogen and oxygen atoms in total. The van der Waals surface area contributed by atoms with Crippen LogP contribution in [0.5, 0.6) is 5.75 Å². The van der Waals surface area contributed by atoms with Gasteiger partial charge in [-0.15, -0.1) is 0 Å². The molecule has 2 aromatic heterocycles. The number of H-pyrrole nitrogens is 1. The number of nitrogens with zero attached hydrogens (tertiary/aromatic N) is 2. The molecule has 1 saturated carbocycles. The summed E-state index contributed by atoms with van der Waals surface area (Å²) in [4.78, 5) is 37.5. The molecular formula is C26H33N5O4. The molecule has 0 aliphatic heterocycles. The number of ether oxygens (including phenoxy) is 2. The summed E-state index contributed by atoms with van der Waals surface area (Å²) < 4.78 is 10.7. The number of hydrogen-bond acceptors (Lipinski definition) is 7. The van der Waals surface area contributed by atoms with Crippen molar-refractivity contribution in [3.8, 4) is 5.75 Å². The second-order valence-corrected chi connectivity index (χ2v) is 10.00. The number of amides is 1. The summed E-state index contributed by atoms with van der Waals surface area (Å²) in [5.74, 6) is 1.14. The number of ketones is 1. The fourth-order valence-corrected chi connectivity index (χ4v) is 4.42. The summed E-state index contributed by atoms with van der Waals surface area (Å²) in [6.45, 7) is 7.46. The van der Waals surface area contributed by atoms with E-state index in [0.29, 0.717) is 33.7 Å².